The number of carbonyl (C=O) groups is 1. The first-order valence-corrected chi connectivity index (χ1v) is 9.22. The van der Waals surface area contributed by atoms with Gasteiger partial charge in [0.2, 0.25) is 0 Å². The zero-order valence-corrected chi connectivity index (χ0v) is 16.4. The van der Waals surface area contributed by atoms with E-state index in [-0.39, 0.29) is 13.2 Å². The highest BCUT2D eigenvalue weighted by molar-refractivity contribution is 5.89. The average Bonchev–Trinajstić information content (AvgIpc) is 2.71. The van der Waals surface area contributed by atoms with Crippen LogP contribution in [0, 0.1) is 0 Å². The molecule has 2 unspecified atom stereocenters. The summed E-state index contributed by atoms with van der Waals surface area (Å²) < 4.78 is 21.5. The van der Waals surface area contributed by atoms with E-state index in [2.05, 4.69) is 26.0 Å². The molecule has 0 amide bonds. The first-order chi connectivity index (χ1) is 13.0. The van der Waals surface area contributed by atoms with E-state index in [1.807, 2.05) is 19.1 Å². The lowest BCUT2D eigenvalue weighted by Gasteiger charge is -2.16. The van der Waals surface area contributed by atoms with Gasteiger partial charge in [-0.05, 0) is 61.2 Å². The molecular formula is C22H28O5. The van der Waals surface area contributed by atoms with Gasteiger partial charge in [-0.15, -0.1) is 0 Å². The van der Waals surface area contributed by atoms with Crippen molar-refractivity contribution in [2.75, 3.05) is 20.3 Å². The van der Waals surface area contributed by atoms with Crippen LogP contribution in [0.2, 0.25) is 0 Å². The molecule has 5 nitrogen and oxygen atoms in total. The zero-order chi connectivity index (χ0) is 19.6. The number of rotatable bonds is 10. The Morgan fingerprint density at radius 2 is 1.56 bits per heavy atom. The first-order valence-electron chi connectivity index (χ1n) is 9.22. The van der Waals surface area contributed by atoms with Crippen molar-refractivity contribution < 1.29 is 23.7 Å². The number of benzene rings is 2. The fourth-order valence-corrected chi connectivity index (χ4v) is 2.50. The molecule has 0 bridgehead atoms. The summed E-state index contributed by atoms with van der Waals surface area (Å²) in [5.41, 5.74) is 1.77. The van der Waals surface area contributed by atoms with E-state index in [1.54, 1.807) is 31.4 Å². The maximum absolute atomic E-state index is 11.9. The van der Waals surface area contributed by atoms with Crippen LogP contribution in [0.25, 0.3) is 0 Å². The number of hydrogen-bond acceptors (Lipinski definition) is 5. The van der Waals surface area contributed by atoms with Crippen LogP contribution in [0.5, 0.6) is 11.5 Å². The highest BCUT2D eigenvalue weighted by Gasteiger charge is 2.09. The number of ether oxygens (including phenoxy) is 4. The van der Waals surface area contributed by atoms with Crippen molar-refractivity contribution in [1.82, 2.24) is 0 Å². The van der Waals surface area contributed by atoms with Crippen molar-refractivity contribution in [3.63, 3.8) is 0 Å². The molecule has 0 aliphatic heterocycles. The number of hydrogen-bond donors (Lipinski definition) is 0. The molecule has 5 heteroatoms. The van der Waals surface area contributed by atoms with Gasteiger partial charge in [-0.1, -0.05) is 26.0 Å². The topological polar surface area (TPSA) is 54.0 Å². The fourth-order valence-electron chi connectivity index (χ4n) is 2.50. The van der Waals surface area contributed by atoms with Crippen molar-refractivity contribution in [2.24, 2.45) is 0 Å². The monoisotopic (exact) mass is 372 g/mol. The summed E-state index contributed by atoms with van der Waals surface area (Å²) in [7, 11) is 1.58. The molecule has 2 aromatic rings. The van der Waals surface area contributed by atoms with E-state index in [4.69, 9.17) is 18.9 Å². The third-order valence-corrected chi connectivity index (χ3v) is 4.36. The molecule has 0 saturated heterocycles. The number of methoxy groups -OCH3 is 1. The highest BCUT2D eigenvalue weighted by Crippen LogP contribution is 2.22. The van der Waals surface area contributed by atoms with Gasteiger partial charge < -0.3 is 18.9 Å². The van der Waals surface area contributed by atoms with E-state index in [0.717, 1.165) is 12.2 Å². The Morgan fingerprint density at radius 3 is 2.15 bits per heavy atom. The minimum atomic E-state index is -0.431. The molecule has 27 heavy (non-hydrogen) atoms. The molecule has 2 aromatic carbocycles. The molecule has 0 saturated carbocycles. The average molecular weight is 372 g/mol. The Bertz CT molecular complexity index is 694. The molecule has 0 N–H and O–H groups in total. The van der Waals surface area contributed by atoms with Gasteiger partial charge in [0.05, 0.1) is 19.3 Å². The largest absolute Gasteiger partial charge is 0.497 e. The second-order valence-corrected chi connectivity index (χ2v) is 6.30. The van der Waals surface area contributed by atoms with E-state index < -0.39 is 12.3 Å². The molecule has 0 aliphatic carbocycles. The lowest BCUT2D eigenvalue weighted by atomic mass is 9.99. The minimum absolute atomic E-state index is 0.158. The van der Waals surface area contributed by atoms with Crippen molar-refractivity contribution >= 4 is 5.97 Å². The van der Waals surface area contributed by atoms with Gasteiger partial charge in [0.15, 0.2) is 6.29 Å². The van der Waals surface area contributed by atoms with Crippen LogP contribution in [-0.2, 0) is 9.47 Å². The zero-order valence-electron chi connectivity index (χ0n) is 16.4. The lowest BCUT2D eigenvalue weighted by molar-refractivity contribution is -0.0783. The summed E-state index contributed by atoms with van der Waals surface area (Å²) in [6.07, 6.45) is 0.675. The summed E-state index contributed by atoms with van der Waals surface area (Å²) in [5.74, 6) is 1.59. The molecule has 2 atom stereocenters. The van der Waals surface area contributed by atoms with Crippen LogP contribution in [0.1, 0.15) is 49.0 Å². The maximum Gasteiger partial charge on any atom is 0.338 e. The second kappa shape index (κ2) is 10.6. The van der Waals surface area contributed by atoms with Crippen molar-refractivity contribution in [3.8, 4) is 11.5 Å². The molecule has 0 aliphatic rings. The van der Waals surface area contributed by atoms with Gasteiger partial charge >= 0.3 is 5.97 Å². The third kappa shape index (κ3) is 6.61. The summed E-state index contributed by atoms with van der Waals surface area (Å²) in [4.78, 5) is 11.9. The van der Waals surface area contributed by atoms with Crippen LogP contribution in [0.3, 0.4) is 0 Å². The Morgan fingerprint density at radius 1 is 0.926 bits per heavy atom. The normalized spacial score (nSPS) is 12.9. The third-order valence-electron chi connectivity index (χ3n) is 4.36. The molecule has 2 rings (SSSR count). The standard InChI is InChI=1S/C22H28O5/c1-5-16(2)18-6-12-21(13-7-18)27-17(3)25-14-15-26-22(23)19-8-10-20(24-4)11-9-19/h6-13,16-17H,5,14-15H2,1-4H3. The Hall–Kier alpha value is -2.53. The summed E-state index contributed by atoms with van der Waals surface area (Å²) in [5, 5.41) is 0. The van der Waals surface area contributed by atoms with Crippen molar-refractivity contribution in [1.29, 1.82) is 0 Å². The first kappa shape index (κ1) is 20.8. The van der Waals surface area contributed by atoms with Gasteiger partial charge in [0.1, 0.15) is 18.1 Å². The van der Waals surface area contributed by atoms with Crippen LogP contribution in [0.4, 0.5) is 0 Å². The Labute approximate surface area is 161 Å². The molecule has 0 fully saturated rings. The number of carbonyl (C=O) groups excluding carboxylic acids is 1. The van der Waals surface area contributed by atoms with E-state index in [1.165, 1.54) is 5.56 Å². The quantitative estimate of drug-likeness (QED) is 0.340. The van der Waals surface area contributed by atoms with Gasteiger partial charge in [-0.3, -0.25) is 0 Å². The predicted octanol–water partition coefficient (Wildman–Crippen LogP) is 4.81. The molecule has 146 valence electrons. The fraction of sp³-hybridized carbons (Fsp3) is 0.409. The summed E-state index contributed by atoms with van der Waals surface area (Å²) >= 11 is 0. The van der Waals surface area contributed by atoms with Gasteiger partial charge in [0.25, 0.3) is 0 Å². The second-order valence-electron chi connectivity index (χ2n) is 6.30. The van der Waals surface area contributed by atoms with Crippen LogP contribution in [-0.4, -0.2) is 32.6 Å². The van der Waals surface area contributed by atoms with Gasteiger partial charge in [0, 0.05) is 0 Å². The molecule has 0 radical (unpaired) electrons. The maximum atomic E-state index is 11.9. The molecule has 0 heterocycles. The predicted molar refractivity (Wildman–Crippen MR) is 104 cm³/mol. The van der Waals surface area contributed by atoms with E-state index in [0.29, 0.717) is 17.2 Å². The van der Waals surface area contributed by atoms with E-state index in [9.17, 15) is 4.79 Å². The Balaban J connectivity index is 1.69. The van der Waals surface area contributed by atoms with Crippen molar-refractivity contribution in [2.45, 2.75) is 39.4 Å². The smallest absolute Gasteiger partial charge is 0.338 e. The lowest BCUT2D eigenvalue weighted by Crippen LogP contribution is -2.20. The van der Waals surface area contributed by atoms with Crippen molar-refractivity contribution in [3.05, 3.63) is 59.7 Å². The molecule has 0 aromatic heterocycles. The highest BCUT2D eigenvalue weighted by atomic mass is 16.7. The van der Waals surface area contributed by atoms with Crippen LogP contribution < -0.4 is 9.47 Å². The summed E-state index contributed by atoms with van der Waals surface area (Å²) in [6.45, 7) is 6.61. The minimum Gasteiger partial charge on any atom is -0.497 e. The van der Waals surface area contributed by atoms with Gasteiger partial charge in [-0.25, -0.2) is 4.79 Å². The summed E-state index contributed by atoms with van der Waals surface area (Å²) in [6, 6.07) is 14.8. The Kier molecular flexibility index (Phi) is 8.14. The molecular weight excluding hydrogens is 344 g/mol. The SMILES string of the molecule is CCC(C)c1ccc(OC(C)OCCOC(=O)c2ccc(OC)cc2)cc1. The van der Waals surface area contributed by atoms with E-state index >= 15 is 0 Å². The van der Waals surface area contributed by atoms with Crippen LogP contribution >= 0.6 is 0 Å². The van der Waals surface area contributed by atoms with Gasteiger partial charge in [-0.2, -0.15) is 0 Å². The van der Waals surface area contributed by atoms with Crippen LogP contribution in [0.15, 0.2) is 48.5 Å². The number of esters is 1. The molecule has 0 spiro atoms.